The molecule has 0 radical (unpaired) electrons. The van der Waals surface area contributed by atoms with Gasteiger partial charge in [0.15, 0.2) is 18.1 Å². The van der Waals surface area contributed by atoms with E-state index in [0.29, 0.717) is 39.8 Å². The Morgan fingerprint density at radius 2 is 1.96 bits per heavy atom. The third kappa shape index (κ3) is 3.31. The van der Waals surface area contributed by atoms with Crippen LogP contribution in [0.5, 0.6) is 17.2 Å². The van der Waals surface area contributed by atoms with Crippen LogP contribution in [0.25, 0.3) is 0 Å². The predicted molar refractivity (Wildman–Crippen MR) is 88.6 cm³/mol. The first-order valence-corrected chi connectivity index (χ1v) is 7.93. The lowest BCUT2D eigenvalue weighted by molar-refractivity contribution is 0.0519. The number of carbonyl (C=O) groups excluding carboxylic acids is 2. The van der Waals surface area contributed by atoms with Gasteiger partial charge in [-0.05, 0) is 38.5 Å². The van der Waals surface area contributed by atoms with Crippen molar-refractivity contribution in [1.29, 1.82) is 0 Å². The summed E-state index contributed by atoms with van der Waals surface area (Å²) in [6, 6.07) is 5.12. The Morgan fingerprint density at radius 3 is 2.72 bits per heavy atom. The van der Waals surface area contributed by atoms with Gasteiger partial charge in [-0.25, -0.2) is 4.79 Å². The van der Waals surface area contributed by atoms with Gasteiger partial charge >= 0.3 is 5.97 Å². The van der Waals surface area contributed by atoms with Gasteiger partial charge in [-0.3, -0.25) is 4.79 Å². The van der Waals surface area contributed by atoms with Crippen molar-refractivity contribution in [2.75, 3.05) is 20.0 Å². The highest BCUT2D eigenvalue weighted by Crippen LogP contribution is 2.35. The van der Waals surface area contributed by atoms with Crippen LogP contribution in [0.1, 0.15) is 39.0 Å². The second kappa shape index (κ2) is 6.88. The molecule has 1 aliphatic heterocycles. The minimum absolute atomic E-state index is 0.151. The zero-order valence-corrected chi connectivity index (χ0v) is 14.3. The molecular formula is C18H19NO6. The van der Waals surface area contributed by atoms with E-state index in [9.17, 15) is 9.59 Å². The summed E-state index contributed by atoms with van der Waals surface area (Å²) in [6.07, 6.45) is 0. The number of rotatable bonds is 6. The number of hydrogen-bond donors (Lipinski definition) is 1. The number of benzene rings is 1. The van der Waals surface area contributed by atoms with Crippen LogP contribution in [0.15, 0.2) is 18.2 Å². The summed E-state index contributed by atoms with van der Waals surface area (Å²) >= 11 is 0. The second-order valence-corrected chi connectivity index (χ2v) is 5.57. The average molecular weight is 345 g/mol. The Morgan fingerprint density at radius 1 is 1.20 bits per heavy atom. The van der Waals surface area contributed by atoms with E-state index in [0.717, 1.165) is 0 Å². The average Bonchev–Trinajstić information content (AvgIpc) is 3.16. The molecule has 1 N–H and O–H groups in total. The Hall–Kier alpha value is -2.96. The van der Waals surface area contributed by atoms with E-state index in [-0.39, 0.29) is 25.8 Å². The number of aromatic nitrogens is 1. The van der Waals surface area contributed by atoms with E-state index in [1.165, 1.54) is 0 Å². The summed E-state index contributed by atoms with van der Waals surface area (Å²) in [5, 5.41) is 0. The van der Waals surface area contributed by atoms with Gasteiger partial charge in [-0.1, -0.05) is 0 Å². The smallest absolute Gasteiger partial charge is 0.355 e. The molecule has 25 heavy (non-hydrogen) atoms. The second-order valence-electron chi connectivity index (χ2n) is 5.57. The number of H-pyrrole nitrogens is 1. The van der Waals surface area contributed by atoms with E-state index >= 15 is 0 Å². The lowest BCUT2D eigenvalue weighted by Gasteiger charge is -2.07. The normalized spacial score (nSPS) is 12.1. The van der Waals surface area contributed by atoms with Crippen LogP contribution in [0, 0.1) is 13.8 Å². The SMILES string of the molecule is CCOC(=O)c1[nH]c(C)c(C(=O)COc2ccc3c(c2)OCO3)c1C. The number of esters is 1. The first-order valence-electron chi connectivity index (χ1n) is 7.93. The summed E-state index contributed by atoms with van der Waals surface area (Å²) in [7, 11) is 0. The topological polar surface area (TPSA) is 86.9 Å². The molecule has 1 aliphatic rings. The molecule has 0 fully saturated rings. The highest BCUT2D eigenvalue weighted by molar-refractivity contribution is 6.03. The standard InChI is InChI=1S/C18H19NO6/c1-4-22-18(21)17-10(2)16(11(3)19-17)13(20)8-23-12-5-6-14-15(7-12)25-9-24-14/h5-7,19H,4,8-9H2,1-3H3. The minimum atomic E-state index is -0.473. The quantitative estimate of drug-likeness (QED) is 0.640. The van der Waals surface area contributed by atoms with Crippen molar-refractivity contribution < 1.29 is 28.5 Å². The Bertz CT molecular complexity index is 823. The molecule has 0 bridgehead atoms. The van der Waals surface area contributed by atoms with E-state index in [2.05, 4.69) is 4.98 Å². The molecule has 7 nitrogen and oxygen atoms in total. The maximum atomic E-state index is 12.5. The summed E-state index contributed by atoms with van der Waals surface area (Å²) < 4.78 is 21.1. The van der Waals surface area contributed by atoms with Crippen molar-refractivity contribution in [1.82, 2.24) is 4.98 Å². The highest BCUT2D eigenvalue weighted by Gasteiger charge is 2.23. The molecule has 0 atom stereocenters. The van der Waals surface area contributed by atoms with Crippen molar-refractivity contribution in [3.05, 3.63) is 40.7 Å². The van der Waals surface area contributed by atoms with Crippen molar-refractivity contribution in [2.45, 2.75) is 20.8 Å². The summed E-state index contributed by atoms with van der Waals surface area (Å²) in [5.74, 6) is 1.05. The molecule has 0 amide bonds. The van der Waals surface area contributed by atoms with Crippen molar-refractivity contribution in [2.24, 2.45) is 0 Å². The molecule has 2 heterocycles. The van der Waals surface area contributed by atoms with E-state index in [4.69, 9.17) is 18.9 Å². The lowest BCUT2D eigenvalue weighted by Crippen LogP contribution is -2.13. The molecule has 7 heteroatoms. The Kier molecular flexibility index (Phi) is 4.65. The maximum Gasteiger partial charge on any atom is 0.355 e. The number of hydrogen-bond acceptors (Lipinski definition) is 6. The Balaban J connectivity index is 1.72. The molecule has 3 rings (SSSR count). The number of ether oxygens (including phenoxy) is 4. The van der Waals surface area contributed by atoms with Crippen LogP contribution in [-0.4, -0.2) is 36.7 Å². The lowest BCUT2D eigenvalue weighted by atomic mass is 10.1. The third-order valence-corrected chi connectivity index (χ3v) is 3.91. The number of nitrogens with one attached hydrogen (secondary N) is 1. The number of Topliss-reactive ketones (excluding diaryl/α,β-unsaturated/α-hetero) is 1. The summed E-state index contributed by atoms with van der Waals surface area (Å²) in [6.45, 7) is 5.48. The van der Waals surface area contributed by atoms with Crippen molar-refractivity contribution in [3.8, 4) is 17.2 Å². The van der Waals surface area contributed by atoms with Gasteiger partial charge in [0, 0.05) is 17.3 Å². The number of ketones is 1. The summed E-state index contributed by atoms with van der Waals surface area (Å²) in [4.78, 5) is 27.4. The number of fused-ring (bicyclic) bond motifs is 1. The van der Waals surface area contributed by atoms with Gasteiger partial charge < -0.3 is 23.9 Å². The van der Waals surface area contributed by atoms with E-state index < -0.39 is 5.97 Å². The molecule has 2 aromatic rings. The minimum Gasteiger partial charge on any atom is -0.485 e. The Labute approximate surface area is 144 Å². The molecule has 132 valence electrons. The molecule has 0 saturated carbocycles. The molecule has 0 aliphatic carbocycles. The van der Waals surface area contributed by atoms with Crippen LogP contribution in [-0.2, 0) is 4.74 Å². The van der Waals surface area contributed by atoms with Crippen LogP contribution in [0.4, 0.5) is 0 Å². The fraction of sp³-hybridized carbons (Fsp3) is 0.333. The van der Waals surface area contributed by atoms with E-state index in [1.54, 1.807) is 39.0 Å². The van der Waals surface area contributed by atoms with E-state index in [1.807, 2.05) is 0 Å². The molecule has 1 aromatic heterocycles. The van der Waals surface area contributed by atoms with Crippen molar-refractivity contribution in [3.63, 3.8) is 0 Å². The van der Waals surface area contributed by atoms with Gasteiger partial charge in [0.25, 0.3) is 0 Å². The predicted octanol–water partition coefficient (Wildman–Crippen LogP) is 2.80. The zero-order valence-electron chi connectivity index (χ0n) is 14.3. The summed E-state index contributed by atoms with van der Waals surface area (Å²) in [5.41, 5.74) is 1.92. The monoisotopic (exact) mass is 345 g/mol. The van der Waals surface area contributed by atoms with Gasteiger partial charge in [0.1, 0.15) is 11.4 Å². The molecule has 1 aromatic carbocycles. The largest absolute Gasteiger partial charge is 0.485 e. The fourth-order valence-electron chi connectivity index (χ4n) is 2.76. The molecule has 0 saturated heterocycles. The highest BCUT2D eigenvalue weighted by atomic mass is 16.7. The third-order valence-electron chi connectivity index (χ3n) is 3.91. The van der Waals surface area contributed by atoms with Crippen LogP contribution in [0.3, 0.4) is 0 Å². The first-order chi connectivity index (χ1) is 12.0. The molecular weight excluding hydrogens is 326 g/mol. The number of aromatic amines is 1. The van der Waals surface area contributed by atoms with Gasteiger partial charge in [0.2, 0.25) is 12.6 Å². The van der Waals surface area contributed by atoms with Crippen LogP contribution < -0.4 is 14.2 Å². The molecule has 0 spiro atoms. The first kappa shape index (κ1) is 16.9. The number of carbonyl (C=O) groups is 2. The fourth-order valence-corrected chi connectivity index (χ4v) is 2.76. The van der Waals surface area contributed by atoms with Crippen LogP contribution in [0.2, 0.25) is 0 Å². The molecule has 0 unspecified atom stereocenters. The van der Waals surface area contributed by atoms with Gasteiger partial charge in [-0.15, -0.1) is 0 Å². The zero-order chi connectivity index (χ0) is 18.0. The van der Waals surface area contributed by atoms with Crippen molar-refractivity contribution >= 4 is 11.8 Å². The number of aryl methyl sites for hydroxylation is 1. The van der Waals surface area contributed by atoms with Gasteiger partial charge in [0.05, 0.1) is 6.61 Å². The van der Waals surface area contributed by atoms with Gasteiger partial charge in [-0.2, -0.15) is 0 Å². The maximum absolute atomic E-state index is 12.5. The van der Waals surface area contributed by atoms with Crippen LogP contribution >= 0.6 is 0 Å².